The van der Waals surface area contributed by atoms with Crippen molar-refractivity contribution in [3.63, 3.8) is 0 Å². The highest BCUT2D eigenvalue weighted by Gasteiger charge is 2.14. The van der Waals surface area contributed by atoms with Gasteiger partial charge in [0, 0.05) is 30.6 Å². The molecule has 0 saturated carbocycles. The summed E-state index contributed by atoms with van der Waals surface area (Å²) in [7, 11) is 0. The standard InChI is InChI=1S/C16H29N5S/c1-4-17-16(19-12-15-7-5-10-22-15)18-8-6-9-21-14(3)11-13(2)20-21/h11,15H,4-10,12H2,1-3H3,(H2,17,18,19). The Balaban J connectivity index is 1.71. The van der Waals surface area contributed by atoms with E-state index in [1.807, 2.05) is 6.92 Å². The van der Waals surface area contributed by atoms with E-state index in [4.69, 9.17) is 4.99 Å². The van der Waals surface area contributed by atoms with E-state index in [2.05, 4.69) is 52.1 Å². The van der Waals surface area contributed by atoms with Crippen LogP contribution < -0.4 is 10.6 Å². The Morgan fingerprint density at radius 3 is 2.95 bits per heavy atom. The molecule has 1 saturated heterocycles. The van der Waals surface area contributed by atoms with Gasteiger partial charge in [-0.3, -0.25) is 9.67 Å². The molecule has 0 radical (unpaired) electrons. The Morgan fingerprint density at radius 1 is 1.45 bits per heavy atom. The molecule has 1 unspecified atom stereocenters. The second kappa shape index (κ2) is 9.08. The molecule has 0 aromatic carbocycles. The average molecular weight is 324 g/mol. The van der Waals surface area contributed by atoms with Crippen LogP contribution in [0.15, 0.2) is 11.1 Å². The highest BCUT2D eigenvalue weighted by molar-refractivity contribution is 8.00. The van der Waals surface area contributed by atoms with Crippen LogP contribution in [-0.2, 0) is 6.54 Å². The third-order valence-corrected chi connectivity index (χ3v) is 5.14. The summed E-state index contributed by atoms with van der Waals surface area (Å²) >= 11 is 2.06. The van der Waals surface area contributed by atoms with Gasteiger partial charge in [-0.25, -0.2) is 0 Å². The highest BCUT2D eigenvalue weighted by Crippen LogP contribution is 2.25. The van der Waals surface area contributed by atoms with Gasteiger partial charge >= 0.3 is 0 Å². The van der Waals surface area contributed by atoms with Crippen molar-refractivity contribution < 1.29 is 0 Å². The summed E-state index contributed by atoms with van der Waals surface area (Å²) in [6, 6.07) is 2.12. The fraction of sp³-hybridized carbons (Fsp3) is 0.750. The molecular formula is C16H29N5S. The summed E-state index contributed by atoms with van der Waals surface area (Å²) in [5.41, 5.74) is 2.32. The van der Waals surface area contributed by atoms with Gasteiger partial charge in [0.15, 0.2) is 5.96 Å². The van der Waals surface area contributed by atoms with Gasteiger partial charge in [-0.1, -0.05) is 0 Å². The van der Waals surface area contributed by atoms with E-state index >= 15 is 0 Å². The molecule has 2 rings (SSSR count). The van der Waals surface area contributed by atoms with Gasteiger partial charge in [0.2, 0.25) is 0 Å². The maximum atomic E-state index is 4.71. The van der Waals surface area contributed by atoms with Gasteiger partial charge in [-0.15, -0.1) is 0 Å². The average Bonchev–Trinajstić information content (AvgIpc) is 3.10. The van der Waals surface area contributed by atoms with Gasteiger partial charge in [0.1, 0.15) is 0 Å². The first-order chi connectivity index (χ1) is 10.7. The lowest BCUT2D eigenvalue weighted by Gasteiger charge is -2.13. The second-order valence-corrected chi connectivity index (χ2v) is 7.19. The fourth-order valence-electron chi connectivity index (χ4n) is 2.66. The molecule has 1 aromatic rings. The maximum absolute atomic E-state index is 4.71. The van der Waals surface area contributed by atoms with E-state index in [-0.39, 0.29) is 0 Å². The number of thioether (sulfide) groups is 1. The van der Waals surface area contributed by atoms with Crippen molar-refractivity contribution in [3.8, 4) is 0 Å². The van der Waals surface area contributed by atoms with E-state index in [1.165, 1.54) is 24.3 Å². The first kappa shape index (κ1) is 17.2. The number of nitrogens with zero attached hydrogens (tertiary/aromatic N) is 3. The van der Waals surface area contributed by atoms with Gasteiger partial charge < -0.3 is 10.6 Å². The van der Waals surface area contributed by atoms with E-state index in [0.29, 0.717) is 5.25 Å². The van der Waals surface area contributed by atoms with Crippen LogP contribution in [0.2, 0.25) is 0 Å². The molecule has 5 nitrogen and oxygen atoms in total. The Morgan fingerprint density at radius 2 is 2.32 bits per heavy atom. The number of nitrogens with one attached hydrogen (secondary N) is 2. The molecule has 0 amide bonds. The van der Waals surface area contributed by atoms with Crippen molar-refractivity contribution >= 4 is 17.7 Å². The van der Waals surface area contributed by atoms with Crippen LogP contribution in [0.1, 0.15) is 37.6 Å². The number of aromatic nitrogens is 2. The smallest absolute Gasteiger partial charge is 0.191 e. The third-order valence-electron chi connectivity index (χ3n) is 3.76. The minimum absolute atomic E-state index is 0.713. The molecule has 22 heavy (non-hydrogen) atoms. The Labute approximate surface area is 138 Å². The van der Waals surface area contributed by atoms with Gasteiger partial charge in [-0.2, -0.15) is 16.9 Å². The largest absolute Gasteiger partial charge is 0.357 e. The molecule has 6 heteroatoms. The van der Waals surface area contributed by atoms with Gasteiger partial charge in [-0.05, 0) is 51.9 Å². The third kappa shape index (κ3) is 5.55. The summed E-state index contributed by atoms with van der Waals surface area (Å²) in [4.78, 5) is 4.71. The summed E-state index contributed by atoms with van der Waals surface area (Å²) < 4.78 is 2.08. The minimum Gasteiger partial charge on any atom is -0.357 e. The maximum Gasteiger partial charge on any atom is 0.191 e. The summed E-state index contributed by atoms with van der Waals surface area (Å²) in [6.45, 7) is 9.96. The van der Waals surface area contributed by atoms with Crippen LogP contribution in [0.25, 0.3) is 0 Å². The monoisotopic (exact) mass is 323 g/mol. The predicted octanol–water partition coefficient (Wildman–Crippen LogP) is 2.34. The molecule has 124 valence electrons. The molecule has 2 N–H and O–H groups in total. The van der Waals surface area contributed by atoms with Crippen LogP contribution in [0.5, 0.6) is 0 Å². The number of hydrogen-bond donors (Lipinski definition) is 2. The molecule has 0 aliphatic carbocycles. The SMILES string of the molecule is CCNC(=NCC1CCCS1)NCCCn1nc(C)cc1C. The number of rotatable bonds is 7. The molecule has 0 bridgehead atoms. The summed E-state index contributed by atoms with van der Waals surface area (Å²) in [5, 5.41) is 12.0. The molecule has 0 spiro atoms. The van der Waals surface area contributed by atoms with Crippen molar-refractivity contribution in [2.45, 2.75) is 51.8 Å². The second-order valence-electron chi connectivity index (χ2n) is 5.79. The van der Waals surface area contributed by atoms with Crippen molar-refractivity contribution in [3.05, 3.63) is 17.5 Å². The first-order valence-corrected chi connectivity index (χ1v) is 9.38. The Kier molecular flexibility index (Phi) is 7.09. The predicted molar refractivity (Wildman–Crippen MR) is 95.8 cm³/mol. The minimum atomic E-state index is 0.713. The van der Waals surface area contributed by atoms with Crippen molar-refractivity contribution in [2.24, 2.45) is 4.99 Å². The van der Waals surface area contributed by atoms with Crippen LogP contribution in [0.3, 0.4) is 0 Å². The number of aryl methyl sites for hydroxylation is 3. The number of aliphatic imine (C=N–C) groups is 1. The summed E-state index contributed by atoms with van der Waals surface area (Å²) in [6.07, 6.45) is 3.70. The van der Waals surface area contributed by atoms with E-state index in [1.54, 1.807) is 0 Å². The topological polar surface area (TPSA) is 54.2 Å². The molecule has 1 atom stereocenters. The van der Waals surface area contributed by atoms with Crippen molar-refractivity contribution in [1.29, 1.82) is 0 Å². The normalized spacial score (nSPS) is 18.7. The molecule has 2 heterocycles. The van der Waals surface area contributed by atoms with Crippen molar-refractivity contribution in [2.75, 3.05) is 25.4 Å². The van der Waals surface area contributed by atoms with Gasteiger partial charge in [0.05, 0.1) is 12.2 Å². The highest BCUT2D eigenvalue weighted by atomic mass is 32.2. The van der Waals surface area contributed by atoms with Gasteiger partial charge in [0.25, 0.3) is 0 Å². The van der Waals surface area contributed by atoms with Crippen LogP contribution >= 0.6 is 11.8 Å². The van der Waals surface area contributed by atoms with Crippen LogP contribution in [0.4, 0.5) is 0 Å². The molecule has 1 aliphatic heterocycles. The first-order valence-electron chi connectivity index (χ1n) is 8.34. The zero-order chi connectivity index (χ0) is 15.8. The zero-order valence-electron chi connectivity index (χ0n) is 14.1. The van der Waals surface area contributed by atoms with Crippen LogP contribution in [-0.4, -0.2) is 46.4 Å². The Bertz CT molecular complexity index is 477. The number of hydrogen-bond acceptors (Lipinski definition) is 3. The van der Waals surface area contributed by atoms with E-state index in [9.17, 15) is 0 Å². The lowest BCUT2D eigenvalue weighted by Crippen LogP contribution is -2.38. The number of guanidine groups is 1. The summed E-state index contributed by atoms with van der Waals surface area (Å²) in [5.74, 6) is 2.25. The molecule has 1 aromatic heterocycles. The van der Waals surface area contributed by atoms with Crippen molar-refractivity contribution in [1.82, 2.24) is 20.4 Å². The zero-order valence-corrected chi connectivity index (χ0v) is 14.9. The lowest BCUT2D eigenvalue weighted by atomic mass is 10.2. The molecule has 1 fully saturated rings. The Hall–Kier alpha value is -1.17. The molecular weight excluding hydrogens is 294 g/mol. The fourth-order valence-corrected chi connectivity index (χ4v) is 3.84. The van der Waals surface area contributed by atoms with E-state index in [0.717, 1.165) is 44.3 Å². The molecule has 1 aliphatic rings. The lowest BCUT2D eigenvalue weighted by molar-refractivity contribution is 0.555. The quantitative estimate of drug-likeness (QED) is 0.459. The van der Waals surface area contributed by atoms with E-state index < -0.39 is 0 Å². The van der Waals surface area contributed by atoms with Crippen LogP contribution in [0, 0.1) is 13.8 Å².